The van der Waals surface area contributed by atoms with E-state index in [2.05, 4.69) is 19.1 Å². The predicted molar refractivity (Wildman–Crippen MR) is 95.9 cm³/mol. The van der Waals surface area contributed by atoms with E-state index in [1.807, 2.05) is 24.8 Å². The summed E-state index contributed by atoms with van der Waals surface area (Å²) in [5, 5.41) is 0. The monoisotopic (exact) mass is 347 g/mol. The SMILES string of the molecule is CC(C)OCCCN1C[C@@](C)(Cc2ccc3c(c2)OCO3)CCC1=O. The fourth-order valence-electron chi connectivity index (χ4n) is 3.66. The number of hydrogen-bond acceptors (Lipinski definition) is 4. The lowest BCUT2D eigenvalue weighted by Crippen LogP contribution is -2.46. The molecule has 138 valence electrons. The van der Waals surface area contributed by atoms with Gasteiger partial charge in [0.05, 0.1) is 6.10 Å². The summed E-state index contributed by atoms with van der Waals surface area (Å²) in [7, 11) is 0. The molecule has 25 heavy (non-hydrogen) atoms. The van der Waals surface area contributed by atoms with Gasteiger partial charge in [0.25, 0.3) is 0 Å². The minimum Gasteiger partial charge on any atom is -0.454 e. The van der Waals surface area contributed by atoms with Crippen LogP contribution in [0.15, 0.2) is 18.2 Å². The van der Waals surface area contributed by atoms with Crippen molar-refractivity contribution < 1.29 is 19.0 Å². The van der Waals surface area contributed by atoms with Crippen LogP contribution < -0.4 is 9.47 Å². The Morgan fingerprint density at radius 3 is 2.88 bits per heavy atom. The maximum atomic E-state index is 12.3. The van der Waals surface area contributed by atoms with Crippen LogP contribution in [0.5, 0.6) is 11.5 Å². The third-order valence-electron chi connectivity index (χ3n) is 4.96. The highest BCUT2D eigenvalue weighted by Gasteiger charge is 2.35. The summed E-state index contributed by atoms with van der Waals surface area (Å²) in [6.45, 7) is 8.95. The van der Waals surface area contributed by atoms with E-state index in [-0.39, 0.29) is 17.4 Å². The van der Waals surface area contributed by atoms with Crippen LogP contribution in [0.2, 0.25) is 0 Å². The zero-order valence-electron chi connectivity index (χ0n) is 15.5. The molecule has 0 saturated carbocycles. The van der Waals surface area contributed by atoms with E-state index in [4.69, 9.17) is 14.2 Å². The first-order chi connectivity index (χ1) is 12.0. The van der Waals surface area contributed by atoms with Crippen LogP contribution in [0, 0.1) is 5.41 Å². The molecule has 1 aromatic carbocycles. The highest BCUT2D eigenvalue weighted by atomic mass is 16.7. The number of piperidine rings is 1. The Morgan fingerprint density at radius 2 is 2.08 bits per heavy atom. The van der Waals surface area contributed by atoms with Crippen LogP contribution in [0.4, 0.5) is 0 Å². The van der Waals surface area contributed by atoms with E-state index in [0.717, 1.165) is 43.9 Å². The molecule has 0 aromatic heterocycles. The first kappa shape index (κ1) is 18.1. The van der Waals surface area contributed by atoms with Crippen molar-refractivity contribution in [2.75, 3.05) is 26.5 Å². The molecule has 2 aliphatic rings. The van der Waals surface area contributed by atoms with Crippen molar-refractivity contribution in [2.24, 2.45) is 5.41 Å². The third kappa shape index (κ3) is 4.66. The molecule has 0 N–H and O–H groups in total. The Labute approximate surface area is 150 Å². The largest absolute Gasteiger partial charge is 0.454 e. The molecule has 2 aliphatic heterocycles. The van der Waals surface area contributed by atoms with Crippen LogP contribution in [0.3, 0.4) is 0 Å². The smallest absolute Gasteiger partial charge is 0.231 e. The molecule has 1 aromatic rings. The molecule has 0 bridgehead atoms. The standard InChI is InChI=1S/C20H29NO4/c1-15(2)23-10-4-9-21-13-20(3,8-7-19(21)22)12-16-5-6-17-18(11-16)25-14-24-17/h5-6,11,15H,4,7-10,12-14H2,1-3H3/t20-/m1/s1. The lowest BCUT2D eigenvalue weighted by molar-refractivity contribution is -0.137. The quantitative estimate of drug-likeness (QED) is 0.709. The molecule has 0 spiro atoms. The van der Waals surface area contributed by atoms with Gasteiger partial charge in [-0.25, -0.2) is 0 Å². The number of rotatable bonds is 7. The lowest BCUT2D eigenvalue weighted by Gasteiger charge is -2.40. The number of amides is 1. The number of carbonyl (C=O) groups excluding carboxylic acids is 1. The van der Waals surface area contributed by atoms with Crippen LogP contribution >= 0.6 is 0 Å². The molecule has 1 atom stereocenters. The molecule has 1 saturated heterocycles. The van der Waals surface area contributed by atoms with E-state index in [1.54, 1.807) is 0 Å². The Bertz CT molecular complexity index is 616. The molecule has 3 rings (SSSR count). The van der Waals surface area contributed by atoms with Crippen molar-refractivity contribution in [1.82, 2.24) is 4.90 Å². The summed E-state index contributed by atoms with van der Waals surface area (Å²) >= 11 is 0. The average molecular weight is 347 g/mol. The highest BCUT2D eigenvalue weighted by Crippen LogP contribution is 2.37. The average Bonchev–Trinajstić information content (AvgIpc) is 3.02. The van der Waals surface area contributed by atoms with Gasteiger partial charge in [0.2, 0.25) is 12.7 Å². The summed E-state index contributed by atoms with van der Waals surface area (Å²) in [6.07, 6.45) is 3.64. The van der Waals surface area contributed by atoms with Crippen molar-refractivity contribution >= 4 is 5.91 Å². The molecule has 1 fully saturated rings. The topological polar surface area (TPSA) is 48.0 Å². The van der Waals surface area contributed by atoms with Crippen LogP contribution in [-0.2, 0) is 16.0 Å². The van der Waals surface area contributed by atoms with Gasteiger partial charge in [-0.05, 0) is 56.2 Å². The molecule has 1 amide bonds. The zero-order chi connectivity index (χ0) is 17.9. The Hall–Kier alpha value is -1.75. The van der Waals surface area contributed by atoms with Gasteiger partial charge in [-0.2, -0.15) is 0 Å². The van der Waals surface area contributed by atoms with Crippen molar-refractivity contribution in [1.29, 1.82) is 0 Å². The Kier molecular flexibility index (Phi) is 5.52. The summed E-state index contributed by atoms with van der Waals surface area (Å²) in [5.41, 5.74) is 1.34. The van der Waals surface area contributed by atoms with Crippen LogP contribution in [-0.4, -0.2) is 43.4 Å². The van der Waals surface area contributed by atoms with E-state index in [9.17, 15) is 4.79 Å². The van der Waals surface area contributed by atoms with Gasteiger partial charge in [0.15, 0.2) is 11.5 Å². The van der Waals surface area contributed by atoms with Crippen molar-refractivity contribution in [3.63, 3.8) is 0 Å². The summed E-state index contributed by atoms with van der Waals surface area (Å²) < 4.78 is 16.5. The van der Waals surface area contributed by atoms with Crippen LogP contribution in [0.25, 0.3) is 0 Å². The van der Waals surface area contributed by atoms with Gasteiger partial charge >= 0.3 is 0 Å². The van der Waals surface area contributed by atoms with Gasteiger partial charge in [-0.1, -0.05) is 13.0 Å². The molecule has 0 unspecified atom stereocenters. The number of fused-ring (bicyclic) bond motifs is 1. The highest BCUT2D eigenvalue weighted by molar-refractivity contribution is 5.77. The summed E-state index contributed by atoms with van der Waals surface area (Å²) in [6, 6.07) is 6.16. The minimum atomic E-state index is 0.0977. The Balaban J connectivity index is 1.58. The molecular weight excluding hydrogens is 318 g/mol. The number of carbonyl (C=O) groups is 1. The molecule has 5 heteroatoms. The third-order valence-corrected chi connectivity index (χ3v) is 4.96. The van der Waals surface area contributed by atoms with E-state index in [0.29, 0.717) is 19.8 Å². The maximum Gasteiger partial charge on any atom is 0.231 e. The second-order valence-corrected chi connectivity index (χ2v) is 7.76. The normalized spacial score (nSPS) is 22.7. The molecule has 0 aliphatic carbocycles. The van der Waals surface area contributed by atoms with E-state index < -0.39 is 0 Å². The lowest BCUT2D eigenvalue weighted by atomic mass is 9.76. The minimum absolute atomic E-state index is 0.0977. The number of benzene rings is 1. The van der Waals surface area contributed by atoms with E-state index in [1.165, 1.54) is 5.56 Å². The number of nitrogens with zero attached hydrogens (tertiary/aromatic N) is 1. The van der Waals surface area contributed by atoms with Crippen LogP contribution in [0.1, 0.15) is 45.6 Å². The molecule has 5 nitrogen and oxygen atoms in total. The molecule has 0 radical (unpaired) electrons. The van der Waals surface area contributed by atoms with Gasteiger partial charge in [-0.3, -0.25) is 4.79 Å². The maximum absolute atomic E-state index is 12.3. The fraction of sp³-hybridized carbons (Fsp3) is 0.650. The number of likely N-dealkylation sites (tertiary alicyclic amines) is 1. The second-order valence-electron chi connectivity index (χ2n) is 7.76. The summed E-state index contributed by atoms with van der Waals surface area (Å²) in [4.78, 5) is 14.3. The predicted octanol–water partition coefficient (Wildman–Crippen LogP) is 3.40. The van der Waals surface area contributed by atoms with Gasteiger partial charge in [0, 0.05) is 26.1 Å². The van der Waals surface area contributed by atoms with Gasteiger partial charge in [-0.15, -0.1) is 0 Å². The van der Waals surface area contributed by atoms with Gasteiger partial charge in [0.1, 0.15) is 0 Å². The number of hydrogen-bond donors (Lipinski definition) is 0. The molecular formula is C20H29NO4. The summed E-state index contributed by atoms with van der Waals surface area (Å²) in [5.74, 6) is 1.92. The van der Waals surface area contributed by atoms with E-state index >= 15 is 0 Å². The van der Waals surface area contributed by atoms with Crippen molar-refractivity contribution in [3.05, 3.63) is 23.8 Å². The fourth-order valence-corrected chi connectivity index (χ4v) is 3.66. The van der Waals surface area contributed by atoms with Crippen molar-refractivity contribution in [3.8, 4) is 11.5 Å². The Morgan fingerprint density at radius 1 is 1.28 bits per heavy atom. The molecule has 2 heterocycles. The van der Waals surface area contributed by atoms with Crippen molar-refractivity contribution in [2.45, 2.75) is 52.6 Å². The second kappa shape index (κ2) is 7.65. The first-order valence-electron chi connectivity index (χ1n) is 9.23. The number of ether oxygens (including phenoxy) is 3. The van der Waals surface area contributed by atoms with Gasteiger partial charge < -0.3 is 19.1 Å². The zero-order valence-corrected chi connectivity index (χ0v) is 15.5. The first-order valence-corrected chi connectivity index (χ1v) is 9.23.